The number of rotatable bonds is 14. The van der Waals surface area contributed by atoms with Crippen molar-refractivity contribution in [2.75, 3.05) is 59.9 Å². The third kappa shape index (κ3) is 13.0. The van der Waals surface area contributed by atoms with E-state index in [9.17, 15) is 14.4 Å². The van der Waals surface area contributed by atoms with Gasteiger partial charge in [-0.15, -0.1) is 4.98 Å². The molecule has 0 radical (unpaired) electrons. The number of pyridine rings is 1. The van der Waals surface area contributed by atoms with E-state index in [1.807, 2.05) is 11.5 Å². The first-order valence-corrected chi connectivity index (χ1v) is 14.9. The quantitative estimate of drug-likeness (QED) is 0.0419. The lowest BCUT2D eigenvalue weighted by molar-refractivity contribution is -0.603. The number of aromatic nitrogens is 13. The maximum absolute atomic E-state index is 12.2. The number of nitrogens with one attached hydrogen (secondary N) is 4. The number of carboxylic acid groups (broad SMARTS) is 1. The number of nitrogens with zero attached hydrogens (tertiary/aromatic N) is 13. The summed E-state index contributed by atoms with van der Waals surface area (Å²) in [4.78, 5) is 80.7. The predicted molar refractivity (Wildman–Crippen MR) is 179 cm³/mol. The highest BCUT2D eigenvalue weighted by Gasteiger charge is 2.21. The van der Waals surface area contributed by atoms with Crippen LogP contribution in [0.1, 0.15) is 10.4 Å². The number of hydrogen-bond acceptors (Lipinski definition) is 23. The number of hydrogen-bond donors (Lipinski definition) is 7. The van der Waals surface area contributed by atoms with Gasteiger partial charge in [0.2, 0.25) is 45.6 Å². The number of ether oxygens (including phenoxy) is 2. The van der Waals surface area contributed by atoms with Crippen LogP contribution in [0.3, 0.4) is 0 Å². The Morgan fingerprint density at radius 3 is 1.74 bits per heavy atom. The zero-order valence-electron chi connectivity index (χ0n) is 28.5. The van der Waals surface area contributed by atoms with E-state index in [-0.39, 0.29) is 101 Å². The second-order valence-electron chi connectivity index (χ2n) is 8.92. The van der Waals surface area contributed by atoms with Crippen molar-refractivity contribution in [2.45, 2.75) is 0 Å². The van der Waals surface area contributed by atoms with Gasteiger partial charge < -0.3 is 59.7 Å². The van der Waals surface area contributed by atoms with Crippen LogP contribution in [0.15, 0.2) is 24.5 Å². The van der Waals surface area contributed by atoms with Crippen molar-refractivity contribution in [1.82, 2.24) is 59.8 Å². The van der Waals surface area contributed by atoms with Gasteiger partial charge in [-0.25, -0.2) is 19.0 Å². The number of nitrogen functional groups attached to an aromatic ring is 2. The fraction of sp³-hybridized carbons (Fsp3) is 0.167. The summed E-state index contributed by atoms with van der Waals surface area (Å²) in [5.41, 5.74) is 3.92. The molecule has 0 amide bonds. The molecule has 0 aliphatic rings. The van der Waals surface area contributed by atoms with Crippen molar-refractivity contribution in [2.24, 2.45) is 0 Å². The third-order valence-electron chi connectivity index (χ3n) is 5.32. The molecule has 0 bridgehead atoms. The maximum atomic E-state index is 12.2. The van der Waals surface area contributed by atoms with E-state index in [1.165, 1.54) is 29.1 Å². The first kappa shape index (κ1) is 37.8. The molecule has 0 aliphatic carbocycles. The van der Waals surface area contributed by atoms with Crippen LogP contribution in [0, 0.1) is 0 Å². The van der Waals surface area contributed by atoms with Gasteiger partial charge in [-0.2, -0.15) is 44.9 Å². The number of aromatic carboxylic acids is 1. The minimum atomic E-state index is -1.13. The van der Waals surface area contributed by atoms with Crippen molar-refractivity contribution < 1.29 is 48.8 Å². The fourth-order valence-corrected chi connectivity index (χ4v) is 3.74. The van der Waals surface area contributed by atoms with Gasteiger partial charge in [-0.3, -0.25) is 0 Å². The van der Waals surface area contributed by atoms with E-state index in [2.05, 4.69) is 81.1 Å². The lowest BCUT2D eigenvalue weighted by Gasteiger charge is -2.06. The molecule has 0 aromatic carbocycles. The van der Waals surface area contributed by atoms with Gasteiger partial charge in [-0.05, 0) is 56.9 Å². The number of carbonyl (C=O) groups excluding carboxylic acids is 2. The summed E-state index contributed by atoms with van der Waals surface area (Å²) in [5, 5.41) is 19.2. The van der Waals surface area contributed by atoms with Gasteiger partial charge in [-0.1, -0.05) is 0 Å². The molecule has 0 saturated heterocycles. The van der Waals surface area contributed by atoms with Crippen molar-refractivity contribution >= 4 is 88.4 Å². The maximum Gasteiger partial charge on any atom is 0.446 e. The fourth-order valence-electron chi connectivity index (χ4n) is 3.27. The summed E-state index contributed by atoms with van der Waals surface area (Å²) in [6.07, 6.45) is 2.82. The van der Waals surface area contributed by atoms with Gasteiger partial charge in [0.1, 0.15) is 13.1 Å². The first-order chi connectivity index (χ1) is 25.9. The van der Waals surface area contributed by atoms with Crippen molar-refractivity contribution in [3.8, 4) is 18.0 Å². The topological polar surface area (TPSA) is 349 Å². The largest absolute Gasteiger partial charge is 1.00 e. The molecule has 5 aromatic rings. The van der Waals surface area contributed by atoms with Crippen molar-refractivity contribution in [3.05, 3.63) is 45.9 Å². The lowest BCUT2D eigenvalue weighted by Crippen LogP contribution is -3.00. The lowest BCUT2D eigenvalue weighted by atomic mass is 10.3. The first-order valence-electron chi connectivity index (χ1n) is 14.7. The molecule has 5 aromatic heterocycles. The van der Waals surface area contributed by atoms with Crippen LogP contribution in [0.25, 0.3) is 5.95 Å². The Bertz CT molecular complexity index is 2150. The minimum Gasteiger partial charge on any atom is -1.00 e. The molecule has 29 heteroatoms. The van der Waals surface area contributed by atoms with Crippen LogP contribution in [0.5, 0.6) is 12.0 Å². The summed E-state index contributed by atoms with van der Waals surface area (Å²) in [6, 6.07) is 2.32. The molecule has 0 spiro atoms. The highest BCUT2D eigenvalue weighted by atomic mass is 35.5. The number of halogens is 4. The average molecular weight is 817 g/mol. The Morgan fingerprint density at radius 1 is 0.736 bits per heavy atom. The van der Waals surface area contributed by atoms with Gasteiger partial charge in [0.25, 0.3) is 0 Å². The Labute approximate surface area is 320 Å². The van der Waals surface area contributed by atoms with Gasteiger partial charge >= 0.3 is 41.8 Å². The zero-order valence-corrected chi connectivity index (χ0v) is 29.6. The van der Waals surface area contributed by atoms with E-state index in [0.717, 1.165) is 0 Å². The summed E-state index contributed by atoms with van der Waals surface area (Å²) in [5.74, 6) is -2.65. The molecule has 0 aliphatic heterocycles. The summed E-state index contributed by atoms with van der Waals surface area (Å²) in [7, 11) is 3.12. The van der Waals surface area contributed by atoms with Crippen LogP contribution in [-0.2, 0) is 9.59 Å². The molecular weight excluding hydrogens is 792 g/mol. The predicted octanol–water partition coefficient (Wildman–Crippen LogP) is -3.66. The Hall–Kier alpha value is -6.44. The number of esters is 2. The zero-order chi connectivity index (χ0) is 39.2. The number of carbonyl (C=O) groups is 3. The van der Waals surface area contributed by atoms with Crippen LogP contribution in [-0.4, -0.2) is 110 Å². The van der Waals surface area contributed by atoms with Gasteiger partial charge in [0, 0.05) is 14.1 Å². The number of carboxylic acids is 1. The SMILES string of the molecule is [2H]Nc1nc(Cl)nc(NCC(=O)Oc2nc(Cl)nc(NC)n2)n1.[2H]Nc1nc(Cl)nc(NCC(=O)Oc2nc(NC)nc(-[n+]3cccc(C(=O)O)c3)n2)n1.[Cl-]. The van der Waals surface area contributed by atoms with E-state index in [1.54, 1.807) is 14.1 Å². The van der Waals surface area contributed by atoms with Crippen molar-refractivity contribution in [3.63, 3.8) is 0 Å². The van der Waals surface area contributed by atoms with E-state index in [0.29, 0.717) is 0 Å². The van der Waals surface area contributed by atoms with Gasteiger partial charge in [0.15, 0.2) is 2.82 Å². The summed E-state index contributed by atoms with van der Waals surface area (Å²) < 4.78 is 25.3. The van der Waals surface area contributed by atoms with Crippen LogP contribution < -0.4 is 59.2 Å². The normalized spacial score (nSPS) is 10.4. The molecule has 0 saturated carbocycles. The van der Waals surface area contributed by atoms with E-state index >= 15 is 0 Å². The second-order valence-corrected chi connectivity index (χ2v) is 9.93. The molecule has 0 fully saturated rings. The molecule has 5 rings (SSSR count). The smallest absolute Gasteiger partial charge is 0.446 e. The molecule has 9 N–H and O–H groups in total. The van der Waals surface area contributed by atoms with Gasteiger partial charge in [0.05, 0.1) is 18.0 Å². The highest BCUT2D eigenvalue weighted by Crippen LogP contribution is 2.12. The number of nitrogens with two attached hydrogens (primary N) is 2. The van der Waals surface area contributed by atoms with Crippen LogP contribution in [0.2, 0.25) is 18.7 Å². The molecular formula is C24H23Cl4N19O6. The standard InChI is InChI=1S/C15H13ClN10O4.C9H9Cl2N9O2.ClH/c1-18-12-23-14(26-4-2-3-7(6-26)9(28)29)25-15(24-12)30-8(27)5-19-13-21-10(16)20-11(17)22-13;1-13-7-16-5(11)18-9(20-7)22-3(21)2-14-8-17-4(10)15-6(12)19-8;/h2-4,6H,5H2,1H3,(H4-,17,18,19,20,21,22,23,24,25,28,29);2H2,1H3,(H,13,16,18,20)(H3,12,14,15,17,19);1H/i/hD2. The second kappa shape index (κ2) is 19.2. The van der Waals surface area contributed by atoms with E-state index < -0.39 is 17.9 Å². The molecule has 0 atom stereocenters. The Balaban J connectivity index is 0.000000303. The monoisotopic (exact) mass is 815 g/mol. The Kier molecular flexibility index (Phi) is 13.7. The molecule has 5 heterocycles. The molecule has 0 unspecified atom stereocenters. The van der Waals surface area contributed by atoms with Crippen LogP contribution >= 0.6 is 34.8 Å². The third-order valence-corrected chi connectivity index (χ3v) is 5.83. The molecule has 278 valence electrons. The minimum absolute atomic E-state index is 0. The average Bonchev–Trinajstić information content (AvgIpc) is 3.15. The molecule has 25 nitrogen and oxygen atoms in total. The summed E-state index contributed by atoms with van der Waals surface area (Å²) >= 11 is 17.0. The van der Waals surface area contributed by atoms with Crippen molar-refractivity contribution in [1.29, 1.82) is 0 Å². The highest BCUT2D eigenvalue weighted by molar-refractivity contribution is 6.28. The summed E-state index contributed by atoms with van der Waals surface area (Å²) in [6.45, 7) is -0.689. The molecule has 53 heavy (non-hydrogen) atoms. The van der Waals surface area contributed by atoms with Crippen LogP contribution in [0.4, 0.5) is 35.7 Å². The van der Waals surface area contributed by atoms with E-state index in [4.69, 9.17) is 52.2 Å². The Morgan fingerprint density at radius 2 is 1.23 bits per heavy atom. The number of anilines is 6.